The van der Waals surface area contributed by atoms with Crippen LogP contribution < -0.4 is 5.32 Å². The molecule has 0 saturated heterocycles. The van der Waals surface area contributed by atoms with Gasteiger partial charge in [-0.05, 0) is 33.2 Å². The number of carbonyl (C=O) groups excluding carboxylic acids is 1. The topological polar surface area (TPSA) is 65.4 Å². The average Bonchev–Trinajstić information content (AvgIpc) is 2.37. The van der Waals surface area contributed by atoms with Crippen molar-refractivity contribution in [2.75, 3.05) is 27.3 Å². The number of carbonyl (C=O) groups is 1. The number of likely N-dealkylation sites (N-methyl/N-ethyl adjacent to an activating group) is 1. The van der Waals surface area contributed by atoms with Crippen LogP contribution in [0.15, 0.2) is 0 Å². The summed E-state index contributed by atoms with van der Waals surface area (Å²) in [7, 11) is 3.57. The Balaban J connectivity index is 4.45. The first-order valence-electron chi connectivity index (χ1n) is 6.71. The van der Waals surface area contributed by atoms with Gasteiger partial charge in [-0.25, -0.2) is 0 Å². The van der Waals surface area contributed by atoms with Crippen molar-refractivity contribution >= 4 is 5.91 Å². The summed E-state index contributed by atoms with van der Waals surface area (Å²) in [5.41, 5.74) is -0.821. The fourth-order valence-electron chi connectivity index (χ4n) is 1.51. The van der Waals surface area contributed by atoms with E-state index in [2.05, 4.69) is 11.4 Å². The average molecular weight is 269 g/mol. The maximum atomic E-state index is 12.2. The second-order valence-electron chi connectivity index (χ2n) is 5.46. The summed E-state index contributed by atoms with van der Waals surface area (Å²) in [6, 6.07) is 1.92. The smallest absolute Gasteiger partial charge is 0.238 e. The summed E-state index contributed by atoms with van der Waals surface area (Å²) in [5, 5.41) is 12.0. The van der Waals surface area contributed by atoms with Gasteiger partial charge in [-0.15, -0.1) is 0 Å². The van der Waals surface area contributed by atoms with Gasteiger partial charge in [0.2, 0.25) is 5.91 Å². The van der Waals surface area contributed by atoms with E-state index in [9.17, 15) is 10.1 Å². The second-order valence-corrected chi connectivity index (χ2v) is 5.46. The van der Waals surface area contributed by atoms with Crippen molar-refractivity contribution in [3.05, 3.63) is 0 Å². The predicted octanol–water partition coefficient (Wildman–Crippen LogP) is 1.40. The van der Waals surface area contributed by atoms with Crippen molar-refractivity contribution < 1.29 is 9.53 Å². The maximum absolute atomic E-state index is 12.2. The molecule has 2 unspecified atom stereocenters. The Labute approximate surface area is 116 Å². The SMILES string of the molecule is COCCCN(C)C(C)C(=O)NC(C)(C#N)C(C)C. The normalized spacial score (nSPS) is 15.9. The standard InChI is InChI=1S/C14H27N3O2/c1-11(2)14(4,10-15)16-13(18)12(3)17(5)8-7-9-19-6/h11-12H,7-9H2,1-6H3,(H,16,18). The van der Waals surface area contributed by atoms with E-state index in [0.29, 0.717) is 6.61 Å². The van der Waals surface area contributed by atoms with Gasteiger partial charge in [0.05, 0.1) is 12.1 Å². The van der Waals surface area contributed by atoms with Crippen LogP contribution in [0, 0.1) is 17.2 Å². The van der Waals surface area contributed by atoms with Crippen LogP contribution in [0.1, 0.15) is 34.1 Å². The van der Waals surface area contributed by atoms with Crippen LogP contribution in [-0.2, 0) is 9.53 Å². The fourth-order valence-corrected chi connectivity index (χ4v) is 1.51. The van der Waals surface area contributed by atoms with Crippen LogP contribution in [0.4, 0.5) is 0 Å². The highest BCUT2D eigenvalue weighted by Gasteiger charge is 2.32. The molecule has 19 heavy (non-hydrogen) atoms. The van der Waals surface area contributed by atoms with Gasteiger partial charge in [-0.1, -0.05) is 13.8 Å². The van der Waals surface area contributed by atoms with Crippen LogP contribution in [0.3, 0.4) is 0 Å². The Morgan fingerprint density at radius 1 is 1.47 bits per heavy atom. The summed E-state index contributed by atoms with van der Waals surface area (Å²) in [5.74, 6) is -0.0508. The zero-order chi connectivity index (χ0) is 15.1. The molecule has 110 valence electrons. The Hall–Kier alpha value is -1.12. The summed E-state index contributed by atoms with van der Waals surface area (Å²) < 4.78 is 4.99. The first-order chi connectivity index (χ1) is 8.78. The number of nitrogens with zero attached hydrogens (tertiary/aromatic N) is 2. The largest absolute Gasteiger partial charge is 0.385 e. The van der Waals surface area contributed by atoms with E-state index >= 15 is 0 Å². The number of rotatable bonds is 8. The van der Waals surface area contributed by atoms with Crippen LogP contribution in [0.25, 0.3) is 0 Å². The van der Waals surface area contributed by atoms with Gasteiger partial charge in [0.25, 0.3) is 0 Å². The zero-order valence-electron chi connectivity index (χ0n) is 13.0. The molecular weight excluding hydrogens is 242 g/mol. The molecule has 0 aliphatic rings. The maximum Gasteiger partial charge on any atom is 0.238 e. The first-order valence-corrected chi connectivity index (χ1v) is 6.71. The molecule has 0 aromatic heterocycles. The highest BCUT2D eigenvalue weighted by Crippen LogP contribution is 2.15. The molecule has 0 aromatic rings. The first kappa shape index (κ1) is 17.9. The number of nitriles is 1. The molecule has 0 heterocycles. The molecule has 0 aliphatic heterocycles. The van der Waals surface area contributed by atoms with Gasteiger partial charge in [-0.2, -0.15) is 5.26 Å². The van der Waals surface area contributed by atoms with Crippen molar-refractivity contribution in [2.45, 2.75) is 45.7 Å². The van der Waals surface area contributed by atoms with E-state index in [-0.39, 0.29) is 17.9 Å². The lowest BCUT2D eigenvalue weighted by Gasteiger charge is -2.31. The van der Waals surface area contributed by atoms with E-state index in [4.69, 9.17) is 4.74 Å². The van der Waals surface area contributed by atoms with Crippen molar-refractivity contribution in [1.82, 2.24) is 10.2 Å². The second kappa shape index (κ2) is 8.13. The molecule has 2 atom stereocenters. The molecular formula is C14H27N3O2. The quantitative estimate of drug-likeness (QED) is 0.676. The molecule has 1 amide bonds. The monoisotopic (exact) mass is 269 g/mol. The van der Waals surface area contributed by atoms with Gasteiger partial charge >= 0.3 is 0 Å². The molecule has 5 nitrogen and oxygen atoms in total. The molecule has 0 bridgehead atoms. The van der Waals surface area contributed by atoms with Crippen LogP contribution in [0.5, 0.6) is 0 Å². The number of hydrogen-bond acceptors (Lipinski definition) is 4. The predicted molar refractivity (Wildman–Crippen MR) is 75.6 cm³/mol. The Bertz CT molecular complexity index is 325. The molecule has 0 spiro atoms. The minimum absolute atomic E-state index is 0.0625. The van der Waals surface area contributed by atoms with Crippen molar-refractivity contribution in [2.24, 2.45) is 5.92 Å². The molecule has 0 rings (SSSR count). The third-order valence-corrected chi connectivity index (χ3v) is 3.67. The molecule has 0 aliphatic carbocycles. The Morgan fingerprint density at radius 2 is 2.05 bits per heavy atom. The Kier molecular flexibility index (Phi) is 7.65. The van der Waals surface area contributed by atoms with Gasteiger partial charge in [0.1, 0.15) is 5.54 Å². The lowest BCUT2D eigenvalue weighted by molar-refractivity contribution is -0.127. The van der Waals surface area contributed by atoms with E-state index in [0.717, 1.165) is 13.0 Å². The summed E-state index contributed by atoms with van der Waals surface area (Å²) in [6.45, 7) is 8.92. The van der Waals surface area contributed by atoms with E-state index in [1.807, 2.05) is 32.7 Å². The highest BCUT2D eigenvalue weighted by atomic mass is 16.5. The molecule has 0 radical (unpaired) electrons. The van der Waals surface area contributed by atoms with E-state index < -0.39 is 5.54 Å². The van der Waals surface area contributed by atoms with E-state index in [1.54, 1.807) is 14.0 Å². The summed E-state index contributed by atoms with van der Waals surface area (Å²) in [6.07, 6.45) is 0.879. The van der Waals surface area contributed by atoms with Crippen LogP contribution in [-0.4, -0.2) is 49.7 Å². The minimum atomic E-state index is -0.821. The number of methoxy groups -OCH3 is 1. The minimum Gasteiger partial charge on any atom is -0.385 e. The number of ether oxygens (including phenoxy) is 1. The van der Waals surface area contributed by atoms with Crippen LogP contribution in [0.2, 0.25) is 0 Å². The number of nitrogens with one attached hydrogen (secondary N) is 1. The van der Waals surface area contributed by atoms with Gasteiger partial charge < -0.3 is 10.1 Å². The molecule has 1 N–H and O–H groups in total. The third kappa shape index (κ3) is 5.58. The Morgan fingerprint density at radius 3 is 2.47 bits per heavy atom. The number of hydrogen-bond donors (Lipinski definition) is 1. The molecule has 0 saturated carbocycles. The summed E-state index contributed by atoms with van der Waals surface area (Å²) >= 11 is 0. The third-order valence-electron chi connectivity index (χ3n) is 3.67. The van der Waals surface area contributed by atoms with Crippen molar-refractivity contribution in [1.29, 1.82) is 5.26 Å². The summed E-state index contributed by atoms with van der Waals surface area (Å²) in [4.78, 5) is 14.1. The van der Waals surface area contributed by atoms with E-state index in [1.165, 1.54) is 0 Å². The zero-order valence-corrected chi connectivity index (χ0v) is 13.0. The number of amides is 1. The lowest BCUT2D eigenvalue weighted by Crippen LogP contribution is -2.54. The fraction of sp³-hybridized carbons (Fsp3) is 0.857. The molecule has 5 heteroatoms. The van der Waals surface area contributed by atoms with Gasteiger partial charge in [0.15, 0.2) is 0 Å². The lowest BCUT2D eigenvalue weighted by atomic mass is 9.90. The van der Waals surface area contributed by atoms with Gasteiger partial charge in [-0.3, -0.25) is 9.69 Å². The van der Waals surface area contributed by atoms with Crippen LogP contribution >= 0.6 is 0 Å². The highest BCUT2D eigenvalue weighted by molar-refractivity contribution is 5.82. The molecule has 0 aromatic carbocycles. The van der Waals surface area contributed by atoms with Gasteiger partial charge in [0, 0.05) is 20.3 Å². The molecule has 0 fully saturated rings. The van der Waals surface area contributed by atoms with Crippen molar-refractivity contribution in [3.63, 3.8) is 0 Å². The van der Waals surface area contributed by atoms with Crippen molar-refractivity contribution in [3.8, 4) is 6.07 Å².